The minimum atomic E-state index is 0.847. The second kappa shape index (κ2) is 28.4. The summed E-state index contributed by atoms with van der Waals surface area (Å²) in [6.07, 6.45) is 14.6. The summed E-state index contributed by atoms with van der Waals surface area (Å²) in [6, 6.07) is 1.97. The van der Waals surface area contributed by atoms with E-state index in [2.05, 4.69) is 49.0 Å². The zero-order valence-corrected chi connectivity index (χ0v) is 20.4. The van der Waals surface area contributed by atoms with Crippen LogP contribution in [0.2, 0.25) is 0 Å². The van der Waals surface area contributed by atoms with Crippen LogP contribution >= 0.6 is 0 Å². The summed E-state index contributed by atoms with van der Waals surface area (Å²) < 4.78 is 0. The van der Waals surface area contributed by atoms with Crippen LogP contribution in [0.25, 0.3) is 0 Å². The van der Waals surface area contributed by atoms with Crippen LogP contribution in [0, 0.1) is 0 Å². The molecule has 3 aromatic rings. The summed E-state index contributed by atoms with van der Waals surface area (Å²) in [4.78, 5) is 19.1. The number of aryl methyl sites for hydroxylation is 3. The molecule has 0 amide bonds. The van der Waals surface area contributed by atoms with Gasteiger partial charge in [-0.2, -0.15) is 10.2 Å². The van der Waals surface area contributed by atoms with Crippen molar-refractivity contribution in [2.45, 2.75) is 81.6 Å². The van der Waals surface area contributed by atoms with Gasteiger partial charge in [-0.05, 0) is 30.0 Å². The fourth-order valence-electron chi connectivity index (χ4n) is 1.49. The molecule has 3 heterocycles. The van der Waals surface area contributed by atoms with E-state index < -0.39 is 0 Å². The number of nitrogens with zero attached hydrogens (tertiary/aromatic N) is 7. The van der Waals surface area contributed by atoms with E-state index in [0.29, 0.717) is 0 Å². The van der Waals surface area contributed by atoms with Gasteiger partial charge in [0.15, 0.2) is 0 Å². The van der Waals surface area contributed by atoms with Crippen LogP contribution in [0.4, 0.5) is 0 Å². The fraction of sp³-hybridized carbons (Fsp3) is 0.522. The van der Waals surface area contributed by atoms with Crippen LogP contribution in [0.5, 0.6) is 0 Å². The van der Waals surface area contributed by atoms with E-state index in [9.17, 15) is 0 Å². The van der Waals surface area contributed by atoms with Gasteiger partial charge in [0, 0.05) is 25.0 Å². The van der Waals surface area contributed by atoms with Gasteiger partial charge in [-0.15, -0.1) is 0 Å². The second-order valence-corrected chi connectivity index (χ2v) is 4.61. The van der Waals surface area contributed by atoms with E-state index in [4.69, 9.17) is 0 Å². The lowest BCUT2D eigenvalue weighted by molar-refractivity contribution is 0.896. The third-order valence-corrected chi connectivity index (χ3v) is 2.94. The lowest BCUT2D eigenvalue weighted by atomic mass is 10.2. The molecule has 0 saturated carbocycles. The van der Waals surface area contributed by atoms with E-state index >= 15 is 0 Å². The van der Waals surface area contributed by atoms with Crippen LogP contribution in [-0.2, 0) is 19.3 Å². The molecule has 30 heavy (non-hydrogen) atoms. The summed E-state index contributed by atoms with van der Waals surface area (Å²) in [5, 5.41) is 7.35. The number of rotatable bonds is 3. The van der Waals surface area contributed by atoms with Gasteiger partial charge in [0.2, 0.25) is 0 Å². The highest BCUT2D eigenvalue weighted by Crippen LogP contribution is 1.92. The summed E-state index contributed by atoms with van der Waals surface area (Å²) in [5.41, 5.74) is 2.42. The molecule has 0 fully saturated rings. The Morgan fingerprint density at radius 1 is 0.567 bits per heavy atom. The highest BCUT2D eigenvalue weighted by atomic mass is 15.1. The molecule has 7 nitrogen and oxygen atoms in total. The third kappa shape index (κ3) is 19.9. The summed E-state index contributed by atoms with van der Waals surface area (Å²) in [6.45, 7) is 18.2. The number of hydrogen-bond donors (Lipinski definition) is 0. The molecule has 0 spiro atoms. The molecule has 168 valence electrons. The Hall–Kier alpha value is -2.83. The first-order chi connectivity index (χ1) is 14.8. The van der Waals surface area contributed by atoms with Gasteiger partial charge >= 0.3 is 0 Å². The highest BCUT2D eigenvalue weighted by Gasteiger charge is 1.84. The molecule has 0 saturated heterocycles. The molecule has 3 aromatic heterocycles. The van der Waals surface area contributed by atoms with Gasteiger partial charge in [0.05, 0.1) is 6.20 Å². The molecule has 0 aromatic carbocycles. The van der Waals surface area contributed by atoms with E-state index in [0.717, 1.165) is 25.1 Å². The Bertz CT molecular complexity index is 542. The molecule has 0 N–H and O–H groups in total. The van der Waals surface area contributed by atoms with Crippen LogP contribution in [0.1, 0.15) is 79.3 Å². The molecule has 0 aliphatic heterocycles. The standard InChI is InChI=1S/2C6H8N2.C5H7N3.3C2H6/c1-2-6-3-7-5-8-4-6;1-2-6-3-4-7-8-5-6;1-2-5-7-3-6-4-8-5;3*1-2/h2*3-5H,2H2,1H3;3-4H,2H2,1H3;3*1-2H3. The molecule has 0 atom stereocenters. The molecule has 0 aliphatic rings. The predicted octanol–water partition coefficient (Wildman–Crippen LogP) is 5.59. The molecular formula is C23H41N7. The maximum atomic E-state index is 3.88. The fourth-order valence-corrected chi connectivity index (χ4v) is 1.49. The Kier molecular flexibility index (Phi) is 30.1. The molecule has 0 aliphatic carbocycles. The quantitative estimate of drug-likeness (QED) is 0.550. The van der Waals surface area contributed by atoms with E-state index in [1.54, 1.807) is 18.7 Å². The average molecular weight is 416 g/mol. The SMILES string of the molecule is CC.CC.CC.CCc1ccnnc1.CCc1cncnc1.CCc1ncncn1. The largest absolute Gasteiger partial charge is 0.245 e. The van der Waals surface area contributed by atoms with Crippen LogP contribution in [0.15, 0.2) is 49.8 Å². The van der Waals surface area contributed by atoms with Crippen molar-refractivity contribution in [1.82, 2.24) is 35.1 Å². The first-order valence-corrected chi connectivity index (χ1v) is 10.9. The number of hydrogen-bond acceptors (Lipinski definition) is 7. The first kappa shape index (κ1) is 31.9. The molecule has 0 radical (unpaired) electrons. The van der Waals surface area contributed by atoms with Crippen LogP contribution in [0.3, 0.4) is 0 Å². The summed E-state index contributed by atoms with van der Waals surface area (Å²) >= 11 is 0. The van der Waals surface area contributed by atoms with Crippen molar-refractivity contribution in [1.29, 1.82) is 0 Å². The lowest BCUT2D eigenvalue weighted by Crippen LogP contribution is -1.90. The predicted molar refractivity (Wildman–Crippen MR) is 126 cm³/mol. The van der Waals surface area contributed by atoms with Gasteiger partial charge in [-0.3, -0.25) is 0 Å². The zero-order chi connectivity index (χ0) is 23.5. The maximum absolute atomic E-state index is 3.88. The van der Waals surface area contributed by atoms with Gasteiger partial charge in [-0.25, -0.2) is 24.9 Å². The van der Waals surface area contributed by atoms with Gasteiger partial charge in [-0.1, -0.05) is 62.3 Å². The van der Waals surface area contributed by atoms with Gasteiger partial charge in [0.1, 0.15) is 24.8 Å². The smallest absolute Gasteiger partial charge is 0.131 e. The molecule has 0 unspecified atom stereocenters. The normalized spacial score (nSPS) is 7.90. The van der Waals surface area contributed by atoms with Crippen LogP contribution in [-0.4, -0.2) is 35.1 Å². The van der Waals surface area contributed by atoms with Crippen molar-refractivity contribution < 1.29 is 0 Å². The average Bonchev–Trinajstić information content (AvgIpc) is 2.90. The third-order valence-electron chi connectivity index (χ3n) is 2.94. The van der Waals surface area contributed by atoms with Crippen molar-refractivity contribution in [2.24, 2.45) is 0 Å². The lowest BCUT2D eigenvalue weighted by Gasteiger charge is -1.88. The van der Waals surface area contributed by atoms with Crippen molar-refractivity contribution in [3.05, 3.63) is 66.8 Å². The summed E-state index contributed by atoms with van der Waals surface area (Å²) in [5.74, 6) is 0.847. The molecule has 0 bridgehead atoms. The van der Waals surface area contributed by atoms with Crippen molar-refractivity contribution >= 4 is 0 Å². The minimum Gasteiger partial charge on any atom is -0.245 e. The Morgan fingerprint density at radius 2 is 1.10 bits per heavy atom. The Labute approximate surface area is 183 Å². The highest BCUT2D eigenvalue weighted by molar-refractivity contribution is 5.03. The second-order valence-electron chi connectivity index (χ2n) is 4.61. The molecular weight excluding hydrogens is 374 g/mol. The first-order valence-electron chi connectivity index (χ1n) is 10.9. The van der Waals surface area contributed by atoms with E-state index in [-0.39, 0.29) is 0 Å². The van der Waals surface area contributed by atoms with Crippen molar-refractivity contribution in [2.75, 3.05) is 0 Å². The molecule has 7 heteroatoms. The molecule has 3 rings (SSSR count). The Morgan fingerprint density at radius 3 is 1.40 bits per heavy atom. The van der Waals surface area contributed by atoms with E-state index in [1.165, 1.54) is 23.8 Å². The summed E-state index contributed by atoms with van der Waals surface area (Å²) in [7, 11) is 0. The zero-order valence-electron chi connectivity index (χ0n) is 20.4. The van der Waals surface area contributed by atoms with Crippen LogP contribution < -0.4 is 0 Å². The Balaban J connectivity index is -0.000000323. The van der Waals surface area contributed by atoms with Gasteiger partial charge in [0.25, 0.3) is 0 Å². The minimum absolute atomic E-state index is 0.847. The van der Waals surface area contributed by atoms with Gasteiger partial charge < -0.3 is 0 Å². The topological polar surface area (TPSA) is 90.2 Å². The maximum Gasteiger partial charge on any atom is 0.131 e. The number of aromatic nitrogens is 7. The monoisotopic (exact) mass is 415 g/mol. The van der Waals surface area contributed by atoms with Crippen molar-refractivity contribution in [3.8, 4) is 0 Å². The van der Waals surface area contributed by atoms with E-state index in [1.807, 2.05) is 66.9 Å². The van der Waals surface area contributed by atoms with Crippen molar-refractivity contribution in [3.63, 3.8) is 0 Å².